The fourth-order valence-electron chi connectivity index (χ4n) is 1.70. The van der Waals surface area contributed by atoms with Crippen molar-refractivity contribution < 1.29 is 9.59 Å². The molecule has 0 aliphatic carbocycles. The van der Waals surface area contributed by atoms with Crippen molar-refractivity contribution in [3.05, 3.63) is 52.8 Å². The number of halogens is 1. The summed E-state index contributed by atoms with van der Waals surface area (Å²) in [6.45, 7) is 5.39. The molecule has 2 rings (SSSR count). The highest BCUT2D eigenvalue weighted by Gasteiger charge is 2.23. The topological polar surface area (TPSA) is 72.0 Å². The molecule has 0 aliphatic heterocycles. The summed E-state index contributed by atoms with van der Waals surface area (Å²) in [5, 5.41) is 10.5. The van der Waals surface area contributed by atoms with E-state index in [1.54, 1.807) is 39.0 Å². The Morgan fingerprint density at radius 2 is 1.86 bits per heavy atom. The Bertz CT molecular complexity index is 709. The maximum atomic E-state index is 12.6. The lowest BCUT2D eigenvalue weighted by Gasteiger charge is -2.19. The van der Waals surface area contributed by atoms with Crippen LogP contribution in [0, 0.1) is 5.41 Å². The van der Waals surface area contributed by atoms with Crippen LogP contribution in [0.3, 0.4) is 0 Å². The van der Waals surface area contributed by atoms with Crippen molar-refractivity contribution in [1.82, 2.24) is 10.2 Å². The molecule has 0 spiro atoms. The molecule has 1 aromatic carbocycles. The second-order valence-corrected chi connectivity index (χ2v) is 6.29. The van der Waals surface area contributed by atoms with E-state index in [0.29, 0.717) is 21.8 Å². The van der Waals surface area contributed by atoms with Gasteiger partial charge in [0.1, 0.15) is 0 Å². The van der Waals surface area contributed by atoms with Crippen molar-refractivity contribution >= 4 is 29.0 Å². The number of carbonyl (C=O) groups is 2. The Kier molecular flexibility index (Phi) is 4.56. The Morgan fingerprint density at radius 3 is 2.45 bits per heavy atom. The van der Waals surface area contributed by atoms with Crippen molar-refractivity contribution in [2.75, 3.05) is 5.32 Å². The zero-order valence-corrected chi connectivity index (χ0v) is 13.3. The highest BCUT2D eigenvalue weighted by molar-refractivity contribution is 6.31. The first-order valence-corrected chi connectivity index (χ1v) is 7.09. The van der Waals surface area contributed by atoms with Crippen LogP contribution in [0.4, 0.5) is 5.69 Å². The van der Waals surface area contributed by atoms with Gasteiger partial charge >= 0.3 is 0 Å². The molecule has 0 saturated carbocycles. The Hall–Kier alpha value is -2.27. The van der Waals surface area contributed by atoms with Crippen LogP contribution in [0.15, 0.2) is 36.7 Å². The number of aromatic nitrogens is 2. The van der Waals surface area contributed by atoms with Gasteiger partial charge < -0.3 is 5.32 Å². The minimum Gasteiger partial charge on any atom is -0.325 e. The lowest BCUT2D eigenvalue weighted by atomic mass is 9.95. The fourth-order valence-corrected chi connectivity index (χ4v) is 1.88. The Morgan fingerprint density at radius 1 is 1.14 bits per heavy atom. The van der Waals surface area contributed by atoms with Crippen molar-refractivity contribution in [2.45, 2.75) is 20.8 Å². The SMILES string of the molecule is CC(C)(C)C(=O)Nc1ccc(Cl)cc1C(=O)c1ccnnc1. The van der Waals surface area contributed by atoms with E-state index in [0.717, 1.165) is 0 Å². The van der Waals surface area contributed by atoms with Crippen LogP contribution in [0.25, 0.3) is 0 Å². The largest absolute Gasteiger partial charge is 0.325 e. The number of anilines is 1. The summed E-state index contributed by atoms with van der Waals surface area (Å²) in [7, 11) is 0. The van der Waals surface area contributed by atoms with Crippen LogP contribution in [0.1, 0.15) is 36.7 Å². The van der Waals surface area contributed by atoms with Gasteiger partial charge in [-0.15, -0.1) is 0 Å². The van der Waals surface area contributed by atoms with Crippen molar-refractivity contribution in [3.63, 3.8) is 0 Å². The van der Waals surface area contributed by atoms with E-state index >= 15 is 0 Å². The summed E-state index contributed by atoms with van der Waals surface area (Å²) in [4.78, 5) is 24.7. The third-order valence-electron chi connectivity index (χ3n) is 3.00. The first-order valence-electron chi connectivity index (χ1n) is 6.71. The van der Waals surface area contributed by atoms with E-state index in [4.69, 9.17) is 11.6 Å². The van der Waals surface area contributed by atoms with Gasteiger partial charge in [0.2, 0.25) is 5.91 Å². The van der Waals surface area contributed by atoms with Gasteiger partial charge in [-0.3, -0.25) is 9.59 Å². The molecule has 0 saturated heterocycles. The highest BCUT2D eigenvalue weighted by atomic mass is 35.5. The predicted molar refractivity (Wildman–Crippen MR) is 85.0 cm³/mol. The van der Waals surface area contributed by atoms with Gasteiger partial charge in [0.15, 0.2) is 5.78 Å². The van der Waals surface area contributed by atoms with Crippen molar-refractivity contribution in [1.29, 1.82) is 0 Å². The second kappa shape index (κ2) is 6.23. The summed E-state index contributed by atoms with van der Waals surface area (Å²) >= 11 is 5.98. The molecule has 1 amide bonds. The van der Waals surface area contributed by atoms with Gasteiger partial charge in [0.25, 0.3) is 0 Å². The molecule has 6 heteroatoms. The first-order chi connectivity index (χ1) is 10.3. The van der Waals surface area contributed by atoms with E-state index < -0.39 is 5.41 Å². The molecule has 0 aliphatic rings. The van der Waals surface area contributed by atoms with Gasteiger partial charge in [-0.25, -0.2) is 0 Å². The smallest absolute Gasteiger partial charge is 0.229 e. The van der Waals surface area contributed by atoms with Gasteiger partial charge in [0, 0.05) is 21.6 Å². The average Bonchev–Trinajstić information content (AvgIpc) is 2.48. The lowest BCUT2D eigenvalue weighted by molar-refractivity contribution is -0.123. The van der Waals surface area contributed by atoms with Crippen LogP contribution in [-0.4, -0.2) is 21.9 Å². The van der Waals surface area contributed by atoms with Crippen LogP contribution in [-0.2, 0) is 4.79 Å². The van der Waals surface area contributed by atoms with E-state index in [1.165, 1.54) is 18.5 Å². The zero-order chi connectivity index (χ0) is 16.3. The van der Waals surface area contributed by atoms with E-state index in [-0.39, 0.29) is 11.7 Å². The zero-order valence-electron chi connectivity index (χ0n) is 12.6. The van der Waals surface area contributed by atoms with Crippen LogP contribution in [0.5, 0.6) is 0 Å². The average molecular weight is 318 g/mol. The number of hydrogen-bond donors (Lipinski definition) is 1. The molecule has 1 aromatic heterocycles. The van der Waals surface area contributed by atoms with Crippen LogP contribution in [0.2, 0.25) is 5.02 Å². The molecule has 1 heterocycles. The summed E-state index contributed by atoms with van der Waals surface area (Å²) in [6.07, 6.45) is 2.81. The summed E-state index contributed by atoms with van der Waals surface area (Å²) in [5.74, 6) is -0.460. The Balaban J connectivity index is 2.41. The summed E-state index contributed by atoms with van der Waals surface area (Å²) in [5.41, 5.74) is 0.547. The summed E-state index contributed by atoms with van der Waals surface area (Å²) < 4.78 is 0. The monoisotopic (exact) mass is 317 g/mol. The van der Waals surface area contributed by atoms with E-state index in [1.807, 2.05) is 0 Å². The number of rotatable bonds is 3. The first kappa shape index (κ1) is 16.1. The molecule has 0 unspecified atom stereocenters. The molecule has 1 N–H and O–H groups in total. The van der Waals surface area contributed by atoms with Gasteiger partial charge in [0.05, 0.1) is 18.1 Å². The highest BCUT2D eigenvalue weighted by Crippen LogP contribution is 2.25. The molecule has 0 bridgehead atoms. The van der Waals surface area contributed by atoms with Crippen LogP contribution >= 0.6 is 11.6 Å². The minimum atomic E-state index is -0.571. The number of nitrogens with one attached hydrogen (secondary N) is 1. The predicted octanol–water partition coefficient (Wildman–Crippen LogP) is 3.35. The normalized spacial score (nSPS) is 11.1. The lowest BCUT2D eigenvalue weighted by Crippen LogP contribution is -2.28. The maximum absolute atomic E-state index is 12.6. The van der Waals surface area contributed by atoms with Crippen LogP contribution < -0.4 is 5.32 Å². The summed E-state index contributed by atoms with van der Waals surface area (Å²) in [6, 6.07) is 6.34. The maximum Gasteiger partial charge on any atom is 0.229 e. The van der Waals surface area contributed by atoms with Crippen molar-refractivity contribution in [3.8, 4) is 0 Å². The molecule has 0 atom stereocenters. The van der Waals surface area contributed by atoms with Gasteiger partial charge in [-0.05, 0) is 24.3 Å². The molecular weight excluding hydrogens is 302 g/mol. The third-order valence-corrected chi connectivity index (χ3v) is 3.24. The van der Waals surface area contributed by atoms with Crippen molar-refractivity contribution in [2.24, 2.45) is 5.41 Å². The number of amides is 1. The minimum absolute atomic E-state index is 0.184. The molecule has 0 radical (unpaired) electrons. The third kappa shape index (κ3) is 3.68. The quantitative estimate of drug-likeness (QED) is 0.881. The molecule has 114 valence electrons. The molecule has 5 nitrogen and oxygen atoms in total. The standard InChI is InChI=1S/C16H16ClN3O2/c1-16(2,3)15(22)20-13-5-4-11(17)8-12(13)14(21)10-6-7-18-19-9-10/h4-9H,1-3H3,(H,20,22). The number of nitrogens with zero attached hydrogens (tertiary/aromatic N) is 2. The van der Waals surface area contributed by atoms with Gasteiger partial charge in [-0.2, -0.15) is 10.2 Å². The van der Waals surface area contributed by atoms with Gasteiger partial charge in [-0.1, -0.05) is 32.4 Å². The number of carbonyl (C=O) groups excluding carboxylic acids is 2. The molecule has 22 heavy (non-hydrogen) atoms. The fraction of sp³-hybridized carbons (Fsp3) is 0.250. The number of ketones is 1. The second-order valence-electron chi connectivity index (χ2n) is 5.85. The van der Waals surface area contributed by atoms with E-state index in [2.05, 4.69) is 15.5 Å². The van der Waals surface area contributed by atoms with E-state index in [9.17, 15) is 9.59 Å². The Labute approximate surface area is 133 Å². The molecule has 2 aromatic rings. The number of hydrogen-bond acceptors (Lipinski definition) is 4. The molecule has 0 fully saturated rings. The molecular formula is C16H16ClN3O2. The number of benzene rings is 1.